The van der Waals surface area contributed by atoms with Gasteiger partial charge in [0.1, 0.15) is 0 Å². The maximum absolute atomic E-state index is 2.52. The second kappa shape index (κ2) is 11.1. The Hall–Kier alpha value is -5.40. The van der Waals surface area contributed by atoms with Crippen molar-refractivity contribution in [3.8, 4) is 33.4 Å². The van der Waals surface area contributed by atoms with Crippen LogP contribution in [0, 0.1) is 0 Å². The SMILES string of the molecule is CC1(C)c2ccccc2-c2ccc(N(C3=CCCC=C3c3cccc4c3-c3ccccc3C4(C)C)c3ccc(-c4ccccc4)cc3)cc21. The second-order valence-electron chi connectivity index (χ2n) is 14.8. The van der Waals surface area contributed by atoms with Gasteiger partial charge in [-0.2, -0.15) is 0 Å². The van der Waals surface area contributed by atoms with Gasteiger partial charge in [0.2, 0.25) is 0 Å². The summed E-state index contributed by atoms with van der Waals surface area (Å²) < 4.78 is 0. The predicted molar refractivity (Wildman–Crippen MR) is 207 cm³/mol. The number of allylic oxidation sites excluding steroid dienone is 3. The smallest absolute Gasteiger partial charge is 0.0497 e. The molecule has 3 aliphatic rings. The second-order valence-corrected chi connectivity index (χ2v) is 14.8. The molecule has 0 unspecified atom stereocenters. The molecule has 0 atom stereocenters. The van der Waals surface area contributed by atoms with E-state index >= 15 is 0 Å². The van der Waals surface area contributed by atoms with Crippen LogP contribution in [0.5, 0.6) is 0 Å². The quantitative estimate of drug-likeness (QED) is 0.183. The third-order valence-electron chi connectivity index (χ3n) is 11.3. The average Bonchev–Trinajstić information content (AvgIpc) is 3.52. The van der Waals surface area contributed by atoms with Crippen molar-refractivity contribution in [3.63, 3.8) is 0 Å². The van der Waals surface area contributed by atoms with Crippen LogP contribution < -0.4 is 4.90 Å². The topological polar surface area (TPSA) is 3.24 Å². The summed E-state index contributed by atoms with van der Waals surface area (Å²) in [7, 11) is 0. The molecule has 1 nitrogen and oxygen atoms in total. The number of nitrogens with zero attached hydrogens (tertiary/aromatic N) is 1. The van der Waals surface area contributed by atoms with Crippen LogP contribution in [0.1, 0.15) is 68.4 Å². The van der Waals surface area contributed by atoms with E-state index in [1.165, 1.54) is 83.8 Å². The summed E-state index contributed by atoms with van der Waals surface area (Å²) in [6, 6.07) is 51.9. The van der Waals surface area contributed by atoms with Gasteiger partial charge in [-0.3, -0.25) is 0 Å². The Morgan fingerprint density at radius 1 is 0.429 bits per heavy atom. The molecule has 0 spiro atoms. The van der Waals surface area contributed by atoms with Gasteiger partial charge in [-0.15, -0.1) is 0 Å². The largest absolute Gasteiger partial charge is 0.310 e. The summed E-state index contributed by atoms with van der Waals surface area (Å²) in [5, 5.41) is 0. The average molecular weight is 632 g/mol. The number of hydrogen-bond donors (Lipinski definition) is 0. The number of anilines is 2. The summed E-state index contributed by atoms with van der Waals surface area (Å²) >= 11 is 0. The molecule has 49 heavy (non-hydrogen) atoms. The van der Waals surface area contributed by atoms with Crippen LogP contribution in [0.15, 0.2) is 157 Å². The number of fused-ring (bicyclic) bond motifs is 6. The summed E-state index contributed by atoms with van der Waals surface area (Å²) in [6.45, 7) is 9.49. The molecule has 0 N–H and O–H groups in total. The highest BCUT2D eigenvalue weighted by molar-refractivity contribution is 5.98. The molecule has 9 rings (SSSR count). The molecular weight excluding hydrogens is 591 g/mol. The Morgan fingerprint density at radius 3 is 1.76 bits per heavy atom. The fraction of sp³-hybridized carbons (Fsp3) is 0.167. The van der Waals surface area contributed by atoms with Gasteiger partial charge < -0.3 is 4.90 Å². The van der Waals surface area contributed by atoms with E-state index in [0.717, 1.165) is 12.8 Å². The van der Waals surface area contributed by atoms with E-state index in [4.69, 9.17) is 0 Å². The molecule has 0 saturated heterocycles. The normalized spacial score (nSPS) is 16.2. The van der Waals surface area contributed by atoms with E-state index in [9.17, 15) is 0 Å². The minimum absolute atomic E-state index is 0.0471. The lowest BCUT2D eigenvalue weighted by Crippen LogP contribution is -2.21. The Bertz CT molecular complexity index is 2310. The molecule has 0 amide bonds. The van der Waals surface area contributed by atoms with Gasteiger partial charge in [0.25, 0.3) is 0 Å². The maximum atomic E-state index is 2.52. The van der Waals surface area contributed by atoms with Crippen LogP contribution in [0.2, 0.25) is 0 Å². The lowest BCUT2D eigenvalue weighted by Gasteiger charge is -2.33. The van der Waals surface area contributed by atoms with Crippen molar-refractivity contribution in [2.45, 2.75) is 51.4 Å². The van der Waals surface area contributed by atoms with Crippen molar-refractivity contribution in [1.29, 1.82) is 0 Å². The fourth-order valence-electron chi connectivity index (χ4n) is 8.79. The van der Waals surface area contributed by atoms with E-state index in [0.29, 0.717) is 0 Å². The molecule has 0 radical (unpaired) electrons. The van der Waals surface area contributed by atoms with Crippen molar-refractivity contribution < 1.29 is 0 Å². The predicted octanol–water partition coefficient (Wildman–Crippen LogP) is 12.9. The van der Waals surface area contributed by atoms with E-state index in [1.54, 1.807) is 0 Å². The first-order chi connectivity index (χ1) is 23.8. The van der Waals surface area contributed by atoms with Crippen molar-refractivity contribution in [3.05, 3.63) is 185 Å². The minimum atomic E-state index is -0.0834. The van der Waals surface area contributed by atoms with Crippen LogP contribution in [-0.4, -0.2) is 0 Å². The highest BCUT2D eigenvalue weighted by Crippen LogP contribution is 2.54. The van der Waals surface area contributed by atoms with Crippen LogP contribution in [0.4, 0.5) is 11.4 Å². The zero-order valence-electron chi connectivity index (χ0n) is 28.8. The first kappa shape index (κ1) is 29.7. The molecule has 0 bridgehead atoms. The summed E-state index contributed by atoms with van der Waals surface area (Å²) in [5.41, 5.74) is 19.6. The number of rotatable bonds is 5. The Labute approximate surface area is 290 Å². The minimum Gasteiger partial charge on any atom is -0.310 e. The van der Waals surface area contributed by atoms with Gasteiger partial charge in [0.15, 0.2) is 0 Å². The molecule has 3 aliphatic carbocycles. The van der Waals surface area contributed by atoms with Gasteiger partial charge in [0, 0.05) is 33.5 Å². The third-order valence-corrected chi connectivity index (χ3v) is 11.3. The first-order valence-corrected chi connectivity index (χ1v) is 17.7. The van der Waals surface area contributed by atoms with Crippen molar-refractivity contribution >= 4 is 16.9 Å². The van der Waals surface area contributed by atoms with Crippen molar-refractivity contribution in [2.24, 2.45) is 0 Å². The van der Waals surface area contributed by atoms with E-state index < -0.39 is 0 Å². The van der Waals surface area contributed by atoms with Crippen molar-refractivity contribution in [1.82, 2.24) is 0 Å². The zero-order chi connectivity index (χ0) is 33.3. The molecular formula is C48H41N. The molecule has 1 heteroatoms. The molecule has 0 fully saturated rings. The molecule has 0 saturated carbocycles. The zero-order valence-corrected chi connectivity index (χ0v) is 28.8. The Morgan fingerprint density at radius 2 is 0.980 bits per heavy atom. The van der Waals surface area contributed by atoms with Crippen LogP contribution >= 0.6 is 0 Å². The van der Waals surface area contributed by atoms with Crippen LogP contribution in [0.25, 0.3) is 39.0 Å². The summed E-state index contributed by atoms with van der Waals surface area (Å²) in [5.74, 6) is 0. The summed E-state index contributed by atoms with van der Waals surface area (Å²) in [4.78, 5) is 2.52. The number of benzene rings is 6. The van der Waals surface area contributed by atoms with Gasteiger partial charge in [0.05, 0.1) is 0 Å². The molecule has 6 aromatic carbocycles. The lowest BCUT2D eigenvalue weighted by atomic mass is 9.81. The lowest BCUT2D eigenvalue weighted by molar-refractivity contribution is 0.660. The molecule has 0 aliphatic heterocycles. The van der Waals surface area contributed by atoms with Crippen LogP contribution in [-0.2, 0) is 10.8 Å². The first-order valence-electron chi connectivity index (χ1n) is 17.7. The highest BCUT2D eigenvalue weighted by atomic mass is 15.2. The van der Waals surface area contributed by atoms with Crippen molar-refractivity contribution in [2.75, 3.05) is 4.90 Å². The molecule has 0 heterocycles. The standard InChI is InChI=1S/C48H41N/c1-47(2)42-22-12-9-19-40(42)46-39(20-14-23-43(46)47)38-18-10-13-24-45(38)49(34-27-25-33(26-28-34)32-15-6-5-7-16-32)35-29-30-37-36-17-8-11-21-41(36)48(3,4)44(37)31-35/h5-9,11-12,14-31H,10,13H2,1-4H3. The van der Waals surface area contributed by atoms with Gasteiger partial charge >= 0.3 is 0 Å². The number of hydrogen-bond acceptors (Lipinski definition) is 1. The Balaban J connectivity index is 1.23. The molecule has 238 valence electrons. The molecule has 6 aromatic rings. The van der Waals surface area contributed by atoms with E-state index in [2.05, 4.69) is 184 Å². The Kier molecular flexibility index (Phi) is 6.71. The monoisotopic (exact) mass is 631 g/mol. The highest BCUT2D eigenvalue weighted by Gasteiger charge is 2.39. The van der Waals surface area contributed by atoms with E-state index in [-0.39, 0.29) is 10.8 Å². The third kappa shape index (κ3) is 4.52. The maximum Gasteiger partial charge on any atom is 0.0497 e. The summed E-state index contributed by atoms with van der Waals surface area (Å²) in [6.07, 6.45) is 6.99. The molecule has 0 aromatic heterocycles. The van der Waals surface area contributed by atoms with Gasteiger partial charge in [-0.25, -0.2) is 0 Å². The van der Waals surface area contributed by atoms with Gasteiger partial charge in [-0.1, -0.05) is 155 Å². The fourth-order valence-corrected chi connectivity index (χ4v) is 8.79. The van der Waals surface area contributed by atoms with E-state index in [1.807, 2.05) is 0 Å². The van der Waals surface area contributed by atoms with Gasteiger partial charge in [-0.05, 0) is 98.3 Å². The van der Waals surface area contributed by atoms with Crippen LogP contribution in [0.3, 0.4) is 0 Å².